The molecule has 5 nitrogen and oxygen atoms in total. The Hall–Kier alpha value is -2.01. The molecular formula is C33H45F4NO4Si. The maximum absolute atomic E-state index is 15.0. The molecule has 0 unspecified atom stereocenters. The highest BCUT2D eigenvalue weighted by atomic mass is 28.4. The monoisotopic (exact) mass is 623 g/mol. The number of hydrogen-bond acceptors (Lipinski definition) is 4. The van der Waals surface area contributed by atoms with Crippen molar-refractivity contribution in [3.63, 3.8) is 0 Å². The standard InChI is InChI=1S/C33H45F4NO4Si/c1-19(2)28-26-27(25-23(38(28)39)17-31(6,7)18-24(25)42-43(8,9)30(3,4)5)32(12-14-40-15-13-32)41-29(26)20-10-11-21(22(34)16-20)33(35,36)37/h10-11,16,19,24,29H,12-15,17-18H2,1-9H3/t24-,29+/m0/s1. The van der Waals surface area contributed by atoms with Crippen LogP contribution in [0.5, 0.6) is 0 Å². The van der Waals surface area contributed by atoms with Crippen molar-refractivity contribution in [2.75, 3.05) is 13.2 Å². The van der Waals surface area contributed by atoms with E-state index in [-0.39, 0.29) is 28.0 Å². The lowest BCUT2D eigenvalue weighted by Crippen LogP contribution is -2.49. The number of halogens is 4. The Labute approximate surface area is 253 Å². The quantitative estimate of drug-likeness (QED) is 0.148. The average Bonchev–Trinajstić information content (AvgIpc) is 3.15. The normalized spacial score (nSPS) is 23.5. The second kappa shape index (κ2) is 10.5. The first-order chi connectivity index (χ1) is 19.7. The number of hydrogen-bond donors (Lipinski definition) is 0. The number of benzene rings is 1. The van der Waals surface area contributed by atoms with Gasteiger partial charge in [0.15, 0.2) is 14.0 Å². The molecular weight excluding hydrogens is 578 g/mol. The predicted octanol–water partition coefficient (Wildman–Crippen LogP) is 8.76. The van der Waals surface area contributed by atoms with E-state index in [9.17, 15) is 22.8 Å². The highest BCUT2D eigenvalue weighted by Gasteiger charge is 2.56. The Morgan fingerprint density at radius 1 is 1.07 bits per heavy atom. The fourth-order valence-electron chi connectivity index (χ4n) is 6.93. The molecule has 5 rings (SSSR count). The number of pyridine rings is 1. The van der Waals surface area contributed by atoms with Crippen LogP contribution in [0.15, 0.2) is 18.2 Å². The minimum atomic E-state index is -4.82. The van der Waals surface area contributed by atoms with E-state index in [0.29, 0.717) is 55.8 Å². The fourth-order valence-corrected chi connectivity index (χ4v) is 8.20. The van der Waals surface area contributed by atoms with E-state index in [0.717, 1.165) is 28.0 Å². The van der Waals surface area contributed by atoms with E-state index in [1.807, 2.05) is 13.8 Å². The van der Waals surface area contributed by atoms with E-state index in [2.05, 4.69) is 47.7 Å². The predicted molar refractivity (Wildman–Crippen MR) is 159 cm³/mol. The maximum atomic E-state index is 15.0. The second-order valence-electron chi connectivity index (χ2n) is 15.2. The molecule has 1 saturated heterocycles. The van der Waals surface area contributed by atoms with Crippen molar-refractivity contribution in [1.29, 1.82) is 0 Å². The number of alkyl halides is 3. The van der Waals surface area contributed by atoms with Crippen LogP contribution in [0.25, 0.3) is 0 Å². The summed E-state index contributed by atoms with van der Waals surface area (Å²) < 4.78 is 76.3. The number of fused-ring (bicyclic) bond motifs is 4. The fraction of sp³-hybridized carbons (Fsp3) is 0.667. The largest absolute Gasteiger partial charge is 0.618 e. The number of ether oxygens (including phenoxy) is 2. The van der Waals surface area contributed by atoms with Gasteiger partial charge in [-0.05, 0) is 47.7 Å². The maximum Gasteiger partial charge on any atom is 0.419 e. The first-order valence-corrected chi connectivity index (χ1v) is 18.2. The molecule has 43 heavy (non-hydrogen) atoms. The molecule has 0 N–H and O–H groups in total. The summed E-state index contributed by atoms with van der Waals surface area (Å²) in [5.74, 6) is -1.58. The third-order valence-corrected chi connectivity index (χ3v) is 14.5. The highest BCUT2D eigenvalue weighted by molar-refractivity contribution is 6.74. The molecule has 2 atom stereocenters. The van der Waals surface area contributed by atoms with Crippen LogP contribution in [-0.4, -0.2) is 21.5 Å². The van der Waals surface area contributed by atoms with E-state index in [1.165, 1.54) is 6.07 Å². The molecule has 1 aromatic carbocycles. The Morgan fingerprint density at radius 3 is 2.23 bits per heavy atom. The zero-order valence-electron chi connectivity index (χ0n) is 26.8. The molecule has 1 aromatic heterocycles. The van der Waals surface area contributed by atoms with E-state index < -0.39 is 37.6 Å². The van der Waals surface area contributed by atoms with Crippen molar-refractivity contribution in [1.82, 2.24) is 0 Å². The lowest BCUT2D eigenvalue weighted by molar-refractivity contribution is -0.626. The Bertz CT molecular complexity index is 1410. The molecule has 2 aromatic rings. The van der Waals surface area contributed by atoms with Crippen molar-refractivity contribution in [2.24, 2.45) is 5.41 Å². The summed E-state index contributed by atoms with van der Waals surface area (Å²) in [7, 11) is -2.32. The highest BCUT2D eigenvalue weighted by Crippen LogP contribution is 2.58. The molecule has 0 amide bonds. The van der Waals surface area contributed by atoms with Gasteiger partial charge in [-0.15, -0.1) is 0 Å². The van der Waals surface area contributed by atoms with Gasteiger partial charge in [-0.2, -0.15) is 17.9 Å². The van der Waals surface area contributed by atoms with Crippen LogP contribution in [0, 0.1) is 16.4 Å². The summed E-state index contributed by atoms with van der Waals surface area (Å²) in [6.45, 7) is 20.0. The van der Waals surface area contributed by atoms with Crippen LogP contribution in [0.3, 0.4) is 0 Å². The van der Waals surface area contributed by atoms with Gasteiger partial charge in [0.25, 0.3) is 0 Å². The van der Waals surface area contributed by atoms with Crippen LogP contribution in [0.4, 0.5) is 17.6 Å². The molecule has 1 fully saturated rings. The number of aromatic nitrogens is 1. The van der Waals surface area contributed by atoms with E-state index in [4.69, 9.17) is 13.9 Å². The molecule has 3 aliphatic rings. The van der Waals surface area contributed by atoms with Gasteiger partial charge in [0.1, 0.15) is 11.9 Å². The summed E-state index contributed by atoms with van der Waals surface area (Å²) in [4.78, 5) is 0. The third kappa shape index (κ3) is 5.55. The van der Waals surface area contributed by atoms with Crippen molar-refractivity contribution < 1.29 is 36.2 Å². The van der Waals surface area contributed by atoms with Crippen LogP contribution in [0.1, 0.15) is 125 Å². The molecule has 3 heterocycles. The Balaban J connectivity index is 1.82. The zero-order valence-corrected chi connectivity index (χ0v) is 27.8. The zero-order chi connectivity index (χ0) is 31.9. The summed E-state index contributed by atoms with van der Waals surface area (Å²) in [5, 5.41) is 14.4. The van der Waals surface area contributed by atoms with Crippen LogP contribution in [-0.2, 0) is 32.1 Å². The van der Waals surface area contributed by atoms with Crippen molar-refractivity contribution in [3.05, 3.63) is 68.4 Å². The van der Waals surface area contributed by atoms with E-state index in [1.54, 1.807) is 0 Å². The van der Waals surface area contributed by atoms with Gasteiger partial charge in [-0.25, -0.2) is 4.39 Å². The molecule has 0 bridgehead atoms. The molecule has 0 radical (unpaired) electrons. The molecule has 1 spiro atoms. The topological polar surface area (TPSA) is 54.6 Å². The minimum Gasteiger partial charge on any atom is -0.618 e. The first kappa shape index (κ1) is 32.4. The summed E-state index contributed by atoms with van der Waals surface area (Å²) in [6, 6.07) is 2.97. The van der Waals surface area contributed by atoms with Gasteiger partial charge in [0, 0.05) is 44.0 Å². The van der Waals surface area contributed by atoms with Crippen LogP contribution >= 0.6 is 0 Å². The summed E-state index contributed by atoms with van der Waals surface area (Å²) in [5.41, 5.74) is 1.50. The van der Waals surface area contributed by atoms with Gasteiger partial charge in [0.2, 0.25) is 5.69 Å². The van der Waals surface area contributed by atoms with Gasteiger partial charge in [0.05, 0.1) is 28.4 Å². The molecule has 2 aliphatic heterocycles. The Kier molecular flexibility index (Phi) is 7.93. The number of nitrogens with zero attached hydrogens (tertiary/aromatic N) is 1. The number of rotatable bonds is 4. The second-order valence-corrected chi connectivity index (χ2v) is 20.0. The molecule has 0 saturated carbocycles. The van der Waals surface area contributed by atoms with Crippen LogP contribution < -0.4 is 4.73 Å². The molecule has 238 valence electrons. The van der Waals surface area contributed by atoms with Gasteiger partial charge >= 0.3 is 6.18 Å². The molecule has 1 aliphatic carbocycles. The average molecular weight is 624 g/mol. The minimum absolute atomic E-state index is 0.0730. The summed E-state index contributed by atoms with van der Waals surface area (Å²) >= 11 is 0. The van der Waals surface area contributed by atoms with Crippen molar-refractivity contribution in [3.8, 4) is 0 Å². The summed E-state index contributed by atoms with van der Waals surface area (Å²) in [6.07, 6.45) is -3.78. The van der Waals surface area contributed by atoms with Crippen LogP contribution in [0.2, 0.25) is 18.1 Å². The SMILES string of the molecule is CC(C)c1c2c(c3c([n+]1[O-])CC(C)(C)C[C@@H]3O[Si](C)(C)C(C)(C)C)C1(CCOCC1)O[C@@H]2c1ccc(C(F)(F)F)c(F)c1. The lowest BCUT2D eigenvalue weighted by atomic mass is 9.69. The van der Waals surface area contributed by atoms with Crippen molar-refractivity contribution in [2.45, 2.75) is 122 Å². The van der Waals surface area contributed by atoms with Gasteiger partial charge in [-0.1, -0.05) is 54.5 Å². The lowest BCUT2D eigenvalue weighted by Gasteiger charge is -2.45. The van der Waals surface area contributed by atoms with Gasteiger partial charge < -0.3 is 19.1 Å². The van der Waals surface area contributed by atoms with Crippen molar-refractivity contribution >= 4 is 8.32 Å². The van der Waals surface area contributed by atoms with E-state index >= 15 is 0 Å². The molecule has 10 heteroatoms. The Morgan fingerprint density at radius 2 is 1.70 bits per heavy atom. The third-order valence-electron chi connectivity index (χ3n) is 10.0. The smallest absolute Gasteiger partial charge is 0.419 e. The van der Waals surface area contributed by atoms with Gasteiger partial charge in [-0.3, -0.25) is 0 Å². The first-order valence-electron chi connectivity index (χ1n) is 15.3.